The molecule has 0 saturated carbocycles. The average molecular weight is 307 g/mol. The van der Waals surface area contributed by atoms with Crippen molar-refractivity contribution in [3.8, 4) is 0 Å². The molecule has 0 aliphatic heterocycles. The number of carbonyl (C=O) groups is 1. The van der Waals surface area contributed by atoms with Gasteiger partial charge in [-0.05, 0) is 23.8 Å². The second-order valence-corrected chi connectivity index (χ2v) is 5.73. The zero-order valence-electron chi connectivity index (χ0n) is 12.1. The van der Waals surface area contributed by atoms with Crippen molar-refractivity contribution in [2.75, 3.05) is 6.54 Å². The quantitative estimate of drug-likeness (QED) is 0.835. The Kier molecular flexibility index (Phi) is 5.15. The lowest BCUT2D eigenvalue weighted by atomic mass is 10.0. The lowest BCUT2D eigenvalue weighted by molar-refractivity contribution is 0.0916. The van der Waals surface area contributed by atoms with Crippen molar-refractivity contribution >= 4 is 28.3 Å². The van der Waals surface area contributed by atoms with Crippen LogP contribution in [0, 0.1) is 5.92 Å². The number of aromatic nitrogens is 1. The van der Waals surface area contributed by atoms with E-state index in [2.05, 4.69) is 10.3 Å². The normalized spacial score (nSPS) is 12.6. The molecule has 0 saturated heterocycles. The number of halogens is 1. The topological polar surface area (TPSA) is 62.2 Å². The molecule has 0 radical (unpaired) electrons. The van der Waals surface area contributed by atoms with Crippen LogP contribution in [-0.2, 0) is 0 Å². The van der Waals surface area contributed by atoms with Gasteiger partial charge in [-0.15, -0.1) is 0 Å². The first-order valence-corrected chi connectivity index (χ1v) is 7.38. The van der Waals surface area contributed by atoms with Crippen LogP contribution in [0.4, 0.5) is 0 Å². The molecule has 1 heterocycles. The molecule has 1 amide bonds. The van der Waals surface area contributed by atoms with Crippen LogP contribution in [0.25, 0.3) is 10.8 Å². The van der Waals surface area contributed by atoms with E-state index >= 15 is 0 Å². The number of hydrogen-bond donors (Lipinski definition) is 2. The van der Waals surface area contributed by atoms with Gasteiger partial charge in [-0.2, -0.15) is 0 Å². The first-order valence-electron chi connectivity index (χ1n) is 7.00. The molecule has 2 rings (SSSR count). The van der Waals surface area contributed by atoms with Crippen LogP contribution >= 0.6 is 11.6 Å². The van der Waals surface area contributed by atoms with Gasteiger partial charge >= 0.3 is 0 Å². The molecular weight excluding hydrogens is 288 g/mol. The lowest BCUT2D eigenvalue weighted by Crippen LogP contribution is -2.29. The second kappa shape index (κ2) is 6.87. The molecule has 1 aromatic carbocycles. The molecule has 1 unspecified atom stereocenters. The number of pyridine rings is 1. The summed E-state index contributed by atoms with van der Waals surface area (Å²) in [7, 11) is 0. The van der Waals surface area contributed by atoms with Crippen LogP contribution in [0.5, 0.6) is 0 Å². The van der Waals surface area contributed by atoms with Gasteiger partial charge in [0.25, 0.3) is 5.91 Å². The van der Waals surface area contributed by atoms with Crippen molar-refractivity contribution in [2.24, 2.45) is 5.92 Å². The Hall–Kier alpha value is -1.65. The van der Waals surface area contributed by atoms with Gasteiger partial charge in [0, 0.05) is 11.9 Å². The van der Waals surface area contributed by atoms with Crippen LogP contribution in [0.2, 0.25) is 5.15 Å². The number of benzene rings is 1. The molecular formula is C16H19ClN2O2. The van der Waals surface area contributed by atoms with E-state index in [1.807, 2.05) is 38.1 Å². The molecule has 112 valence electrons. The van der Waals surface area contributed by atoms with Crippen LogP contribution in [0.3, 0.4) is 0 Å². The highest BCUT2D eigenvalue weighted by molar-refractivity contribution is 6.34. The number of amides is 1. The van der Waals surface area contributed by atoms with E-state index in [1.165, 1.54) is 0 Å². The highest BCUT2D eigenvalue weighted by Crippen LogP contribution is 2.22. The summed E-state index contributed by atoms with van der Waals surface area (Å²) >= 11 is 6.10. The fourth-order valence-corrected chi connectivity index (χ4v) is 2.29. The molecule has 1 atom stereocenters. The van der Waals surface area contributed by atoms with Crippen molar-refractivity contribution in [3.63, 3.8) is 0 Å². The number of aliphatic hydroxyl groups is 1. The molecule has 0 aliphatic carbocycles. The summed E-state index contributed by atoms with van der Waals surface area (Å²) in [5, 5.41) is 14.5. The van der Waals surface area contributed by atoms with Gasteiger partial charge in [0.2, 0.25) is 0 Å². The van der Waals surface area contributed by atoms with Crippen LogP contribution in [0.1, 0.15) is 30.8 Å². The first kappa shape index (κ1) is 15.7. The number of nitrogens with zero attached hydrogens (tertiary/aromatic N) is 1. The van der Waals surface area contributed by atoms with Gasteiger partial charge in [0.1, 0.15) is 10.8 Å². The molecule has 2 aromatic rings. The summed E-state index contributed by atoms with van der Waals surface area (Å²) in [5.74, 6) is -0.103. The summed E-state index contributed by atoms with van der Waals surface area (Å²) in [6, 6.07) is 9.24. The second-order valence-electron chi connectivity index (χ2n) is 5.38. The standard InChI is InChI=1S/C16H19ClN2O2/c1-10(2)14(20)7-8-18-16(21)13-9-11-5-3-4-6-12(11)15(17)19-13/h3-6,9-10,14,20H,7-8H2,1-2H3,(H,18,21). The predicted molar refractivity (Wildman–Crippen MR) is 84.5 cm³/mol. The Morgan fingerprint density at radius 1 is 1.38 bits per heavy atom. The average Bonchev–Trinajstić information content (AvgIpc) is 2.46. The molecule has 5 heteroatoms. The molecule has 0 bridgehead atoms. The smallest absolute Gasteiger partial charge is 0.269 e. The number of hydrogen-bond acceptors (Lipinski definition) is 3. The van der Waals surface area contributed by atoms with Crippen LogP contribution in [0.15, 0.2) is 30.3 Å². The monoisotopic (exact) mass is 306 g/mol. The Morgan fingerprint density at radius 2 is 2.10 bits per heavy atom. The third kappa shape index (κ3) is 3.93. The molecule has 0 fully saturated rings. The van der Waals surface area contributed by atoms with Crippen LogP contribution < -0.4 is 5.32 Å². The highest BCUT2D eigenvalue weighted by Gasteiger charge is 2.13. The zero-order valence-corrected chi connectivity index (χ0v) is 12.9. The fraction of sp³-hybridized carbons (Fsp3) is 0.375. The number of carbonyl (C=O) groups excluding carboxylic acids is 1. The van der Waals surface area contributed by atoms with E-state index in [0.29, 0.717) is 18.1 Å². The maximum Gasteiger partial charge on any atom is 0.269 e. The Bertz CT molecular complexity index is 643. The van der Waals surface area contributed by atoms with Gasteiger partial charge < -0.3 is 10.4 Å². The van der Waals surface area contributed by atoms with Crippen LogP contribution in [-0.4, -0.2) is 28.6 Å². The lowest BCUT2D eigenvalue weighted by Gasteiger charge is -2.14. The Morgan fingerprint density at radius 3 is 2.81 bits per heavy atom. The fourth-order valence-electron chi connectivity index (χ4n) is 2.03. The van der Waals surface area contributed by atoms with Gasteiger partial charge in [-0.3, -0.25) is 4.79 Å². The van der Waals surface area contributed by atoms with Crippen molar-refractivity contribution in [1.82, 2.24) is 10.3 Å². The van der Waals surface area contributed by atoms with E-state index in [-0.39, 0.29) is 17.5 Å². The molecule has 1 aromatic heterocycles. The summed E-state index contributed by atoms with van der Waals surface area (Å²) in [6.45, 7) is 4.29. The molecule has 0 spiro atoms. The zero-order chi connectivity index (χ0) is 15.4. The third-order valence-corrected chi connectivity index (χ3v) is 3.71. The van der Waals surface area contributed by atoms with Gasteiger partial charge in [-0.1, -0.05) is 49.7 Å². The first-order chi connectivity index (χ1) is 9.99. The molecule has 4 nitrogen and oxygen atoms in total. The van der Waals surface area contributed by atoms with E-state index in [1.54, 1.807) is 6.07 Å². The maximum absolute atomic E-state index is 12.1. The third-order valence-electron chi connectivity index (χ3n) is 3.42. The predicted octanol–water partition coefficient (Wildman–Crippen LogP) is 3.03. The SMILES string of the molecule is CC(C)C(O)CCNC(=O)c1cc2ccccc2c(Cl)n1. The molecule has 21 heavy (non-hydrogen) atoms. The van der Waals surface area contributed by atoms with E-state index in [9.17, 15) is 9.90 Å². The summed E-state index contributed by atoms with van der Waals surface area (Å²) in [6.07, 6.45) is 0.100. The number of rotatable bonds is 5. The Balaban J connectivity index is 2.06. The van der Waals surface area contributed by atoms with Gasteiger partial charge in [-0.25, -0.2) is 4.98 Å². The van der Waals surface area contributed by atoms with Crippen molar-refractivity contribution in [2.45, 2.75) is 26.4 Å². The van der Waals surface area contributed by atoms with Crippen molar-refractivity contribution < 1.29 is 9.90 Å². The minimum Gasteiger partial charge on any atom is -0.393 e. The minimum atomic E-state index is -0.418. The van der Waals surface area contributed by atoms with E-state index < -0.39 is 6.10 Å². The Labute approximate surface area is 129 Å². The molecule has 0 aliphatic rings. The van der Waals surface area contributed by atoms with Crippen molar-refractivity contribution in [3.05, 3.63) is 41.2 Å². The molecule has 2 N–H and O–H groups in total. The summed E-state index contributed by atoms with van der Waals surface area (Å²) < 4.78 is 0. The maximum atomic E-state index is 12.1. The minimum absolute atomic E-state index is 0.176. The van der Waals surface area contributed by atoms with E-state index in [0.717, 1.165) is 10.8 Å². The number of aliphatic hydroxyl groups excluding tert-OH is 1. The summed E-state index contributed by atoms with van der Waals surface area (Å²) in [4.78, 5) is 16.2. The highest BCUT2D eigenvalue weighted by atomic mass is 35.5. The number of nitrogens with one attached hydrogen (secondary N) is 1. The largest absolute Gasteiger partial charge is 0.393 e. The number of fused-ring (bicyclic) bond motifs is 1. The van der Waals surface area contributed by atoms with E-state index in [4.69, 9.17) is 11.6 Å². The van der Waals surface area contributed by atoms with Gasteiger partial charge in [0.15, 0.2) is 0 Å². The van der Waals surface area contributed by atoms with Crippen molar-refractivity contribution in [1.29, 1.82) is 0 Å². The summed E-state index contributed by atoms with van der Waals surface area (Å²) in [5.41, 5.74) is 0.290. The van der Waals surface area contributed by atoms with Gasteiger partial charge in [0.05, 0.1) is 6.10 Å².